The molecule has 10 heteroatoms. The van der Waals surface area contributed by atoms with Gasteiger partial charge in [-0.25, -0.2) is 9.79 Å². The molecule has 2 aliphatic rings. The molecule has 0 aromatic carbocycles. The number of nitrogens with zero attached hydrogens (tertiary/aromatic N) is 3. The minimum Gasteiger partial charge on any atom is -0.431 e. The van der Waals surface area contributed by atoms with Gasteiger partial charge in [0.15, 0.2) is 5.84 Å². The van der Waals surface area contributed by atoms with Crippen molar-refractivity contribution in [3.8, 4) is 0 Å². The highest BCUT2D eigenvalue weighted by atomic mass is 16.7. The van der Waals surface area contributed by atoms with E-state index in [1.807, 2.05) is 19.9 Å². The van der Waals surface area contributed by atoms with Crippen LogP contribution in [-0.4, -0.2) is 77.2 Å². The van der Waals surface area contributed by atoms with Crippen molar-refractivity contribution in [1.29, 1.82) is 0 Å². The minimum absolute atomic E-state index is 0.166. The summed E-state index contributed by atoms with van der Waals surface area (Å²) in [5.74, 6) is 0.123. The second-order valence-corrected chi connectivity index (χ2v) is 7.32. The molecule has 0 aromatic rings. The molecule has 0 spiro atoms. The van der Waals surface area contributed by atoms with Gasteiger partial charge in [0.2, 0.25) is 0 Å². The Morgan fingerprint density at radius 2 is 2.14 bits per heavy atom. The molecule has 28 heavy (non-hydrogen) atoms. The standard InChI is InChI=1S/C18H30N4O6/c1-6-11(3)28-17(25)27-8-18(4,26-5)15(24)14(23)13-10(2)7-12-16(19)20-9-21-22(12)13/h7,9-11,13-15,23-24H,6,8H2,1-5H3,(H2,19,20,21)/t10?,11-,13?,14+,15+,18-/m1/s1. The van der Waals surface area contributed by atoms with Crippen LogP contribution in [0.15, 0.2) is 21.9 Å². The van der Waals surface area contributed by atoms with Gasteiger partial charge in [-0.1, -0.05) is 19.9 Å². The van der Waals surface area contributed by atoms with Crippen LogP contribution in [-0.2, 0) is 14.2 Å². The molecule has 0 aliphatic carbocycles. The molecular formula is C18H30N4O6. The number of rotatable bonds is 8. The van der Waals surface area contributed by atoms with E-state index >= 15 is 0 Å². The summed E-state index contributed by atoms with van der Waals surface area (Å²) in [5, 5.41) is 27.4. The molecule has 0 saturated heterocycles. The molecule has 0 fully saturated rings. The first kappa shape index (κ1) is 22.1. The number of amidine groups is 1. The van der Waals surface area contributed by atoms with Crippen LogP contribution in [0.25, 0.3) is 0 Å². The van der Waals surface area contributed by atoms with Crippen LogP contribution in [0, 0.1) is 5.92 Å². The Morgan fingerprint density at radius 3 is 2.75 bits per heavy atom. The molecule has 0 aromatic heterocycles. The van der Waals surface area contributed by atoms with Gasteiger partial charge in [-0.3, -0.25) is 5.01 Å². The average Bonchev–Trinajstić information content (AvgIpc) is 3.02. The summed E-state index contributed by atoms with van der Waals surface area (Å²) in [6.45, 7) is 6.74. The van der Waals surface area contributed by atoms with Crippen LogP contribution in [0.2, 0.25) is 0 Å². The number of nitrogens with two attached hydrogens (primary N) is 1. The number of hydrogen-bond donors (Lipinski definition) is 3. The maximum absolute atomic E-state index is 11.8. The van der Waals surface area contributed by atoms with Gasteiger partial charge < -0.3 is 30.2 Å². The third-order valence-corrected chi connectivity index (χ3v) is 5.24. The molecule has 0 saturated carbocycles. The summed E-state index contributed by atoms with van der Waals surface area (Å²) in [6, 6.07) is -0.586. The predicted molar refractivity (Wildman–Crippen MR) is 103 cm³/mol. The van der Waals surface area contributed by atoms with Crippen molar-refractivity contribution in [3.63, 3.8) is 0 Å². The van der Waals surface area contributed by atoms with Crippen molar-refractivity contribution >= 4 is 18.3 Å². The summed E-state index contributed by atoms with van der Waals surface area (Å²) >= 11 is 0. The first-order chi connectivity index (χ1) is 13.1. The van der Waals surface area contributed by atoms with Gasteiger partial charge >= 0.3 is 6.16 Å². The number of hydrazone groups is 1. The Morgan fingerprint density at radius 1 is 1.46 bits per heavy atom. The van der Waals surface area contributed by atoms with Crippen LogP contribution in [0.4, 0.5) is 4.79 Å². The molecule has 2 aliphatic heterocycles. The molecule has 10 nitrogen and oxygen atoms in total. The van der Waals surface area contributed by atoms with Crippen LogP contribution >= 0.6 is 0 Å². The van der Waals surface area contributed by atoms with Gasteiger partial charge in [0.25, 0.3) is 0 Å². The Balaban J connectivity index is 2.07. The molecule has 2 heterocycles. The zero-order valence-corrected chi connectivity index (χ0v) is 16.9. The zero-order valence-electron chi connectivity index (χ0n) is 16.9. The summed E-state index contributed by atoms with van der Waals surface area (Å²) in [6.07, 6.45) is -0.0296. The van der Waals surface area contributed by atoms with E-state index in [2.05, 4.69) is 10.1 Å². The van der Waals surface area contributed by atoms with E-state index in [4.69, 9.17) is 19.9 Å². The minimum atomic E-state index is -1.38. The van der Waals surface area contributed by atoms with Crippen LogP contribution < -0.4 is 5.73 Å². The molecule has 6 atom stereocenters. The van der Waals surface area contributed by atoms with E-state index in [0.29, 0.717) is 12.1 Å². The normalized spacial score (nSPS) is 26.5. The van der Waals surface area contributed by atoms with Crippen LogP contribution in [0.3, 0.4) is 0 Å². The Hall–Kier alpha value is -2.17. The third-order valence-electron chi connectivity index (χ3n) is 5.24. The second kappa shape index (κ2) is 8.89. The van der Waals surface area contributed by atoms with Crippen molar-refractivity contribution in [3.05, 3.63) is 11.8 Å². The monoisotopic (exact) mass is 398 g/mol. The van der Waals surface area contributed by atoms with Gasteiger partial charge in [-0.15, -0.1) is 0 Å². The number of aliphatic hydroxyl groups excluding tert-OH is 2. The quantitative estimate of drug-likeness (QED) is 0.505. The SMILES string of the molecule is CC[C@@H](C)OC(=O)OC[C@@](C)(OC)[C@@H](O)[C@@H](O)C1C(C)C=C2C(N)=NC=NN21. The molecule has 4 N–H and O–H groups in total. The molecular weight excluding hydrogens is 368 g/mol. The smallest absolute Gasteiger partial charge is 0.431 e. The number of ether oxygens (including phenoxy) is 3. The number of carbonyl (C=O) groups excluding carboxylic acids is 1. The van der Waals surface area contributed by atoms with Crippen molar-refractivity contribution in [2.24, 2.45) is 21.7 Å². The maximum Gasteiger partial charge on any atom is 0.508 e. The first-order valence-corrected chi connectivity index (χ1v) is 9.26. The lowest BCUT2D eigenvalue weighted by Gasteiger charge is -2.40. The van der Waals surface area contributed by atoms with Gasteiger partial charge in [0, 0.05) is 13.0 Å². The number of carbonyl (C=O) groups is 1. The van der Waals surface area contributed by atoms with E-state index in [1.54, 1.807) is 13.8 Å². The third kappa shape index (κ3) is 4.45. The average molecular weight is 398 g/mol. The van der Waals surface area contributed by atoms with Crippen molar-refractivity contribution < 1.29 is 29.2 Å². The number of aliphatic imine (C=N–C) groups is 1. The van der Waals surface area contributed by atoms with Gasteiger partial charge in [-0.05, 0) is 20.3 Å². The van der Waals surface area contributed by atoms with Crippen molar-refractivity contribution in [2.45, 2.75) is 64.1 Å². The predicted octanol–water partition coefficient (Wildman–Crippen LogP) is 0.583. The zero-order chi connectivity index (χ0) is 21.1. The Labute approximate surface area is 164 Å². The van der Waals surface area contributed by atoms with Crippen LogP contribution in [0.5, 0.6) is 0 Å². The largest absolute Gasteiger partial charge is 0.508 e. The molecule has 0 radical (unpaired) electrons. The maximum atomic E-state index is 11.8. The Kier molecular flexibility index (Phi) is 7.02. The number of fused-ring (bicyclic) bond motifs is 1. The van der Waals surface area contributed by atoms with Crippen molar-refractivity contribution in [1.82, 2.24) is 5.01 Å². The summed E-state index contributed by atoms with van der Waals surface area (Å²) in [5.41, 5.74) is 5.09. The molecule has 0 amide bonds. The van der Waals surface area contributed by atoms with Gasteiger partial charge in [0.1, 0.15) is 36.9 Å². The van der Waals surface area contributed by atoms with Gasteiger partial charge in [0.05, 0.1) is 11.7 Å². The van der Waals surface area contributed by atoms with E-state index in [0.717, 1.165) is 0 Å². The Bertz CT molecular complexity index is 666. The van der Waals surface area contributed by atoms with E-state index < -0.39 is 30.0 Å². The molecule has 158 valence electrons. The summed E-state index contributed by atoms with van der Waals surface area (Å²) in [4.78, 5) is 15.7. The first-order valence-electron chi connectivity index (χ1n) is 9.26. The highest BCUT2D eigenvalue weighted by molar-refractivity contribution is 6.02. The highest BCUT2D eigenvalue weighted by Crippen LogP contribution is 2.34. The lowest BCUT2D eigenvalue weighted by Crippen LogP contribution is -2.58. The van der Waals surface area contributed by atoms with E-state index in [-0.39, 0.29) is 24.5 Å². The topological polar surface area (TPSA) is 139 Å². The lowest BCUT2D eigenvalue weighted by atomic mass is 9.87. The second-order valence-electron chi connectivity index (χ2n) is 7.32. The summed E-state index contributed by atoms with van der Waals surface area (Å²) < 4.78 is 15.5. The van der Waals surface area contributed by atoms with E-state index in [9.17, 15) is 15.0 Å². The lowest BCUT2D eigenvalue weighted by molar-refractivity contribution is -0.170. The molecule has 2 unspecified atom stereocenters. The number of methoxy groups -OCH3 is 1. The van der Waals surface area contributed by atoms with Gasteiger partial charge in [-0.2, -0.15) is 5.10 Å². The fourth-order valence-corrected chi connectivity index (χ4v) is 3.11. The highest BCUT2D eigenvalue weighted by Gasteiger charge is 2.48. The number of aliphatic hydroxyl groups is 2. The fourth-order valence-electron chi connectivity index (χ4n) is 3.11. The fraction of sp³-hybridized carbons (Fsp3) is 0.722. The summed E-state index contributed by atoms with van der Waals surface area (Å²) in [7, 11) is 1.37. The van der Waals surface area contributed by atoms with E-state index in [1.165, 1.54) is 18.5 Å². The van der Waals surface area contributed by atoms with Crippen LogP contribution in [0.1, 0.15) is 34.1 Å². The molecule has 2 rings (SSSR count). The van der Waals surface area contributed by atoms with Crippen molar-refractivity contribution in [2.75, 3.05) is 13.7 Å². The molecule has 0 bridgehead atoms. The number of hydrogen-bond acceptors (Lipinski definition) is 10.